The first-order chi connectivity index (χ1) is 18.3. The third kappa shape index (κ3) is 3.21. The minimum absolute atomic E-state index is 1.24. The fourth-order valence-electron chi connectivity index (χ4n) is 5.85. The summed E-state index contributed by atoms with van der Waals surface area (Å²) in [4.78, 5) is 0. The highest BCUT2D eigenvalue weighted by Gasteiger charge is 2.10. The Labute approximate surface area is 219 Å². The molecule has 0 aliphatic heterocycles. The summed E-state index contributed by atoms with van der Waals surface area (Å²) in [6.07, 6.45) is 0. The van der Waals surface area contributed by atoms with Gasteiger partial charge in [0.1, 0.15) is 0 Å². The van der Waals surface area contributed by atoms with E-state index in [4.69, 9.17) is 0 Å². The summed E-state index contributed by atoms with van der Waals surface area (Å²) in [5.74, 6) is 0. The van der Waals surface area contributed by atoms with Gasteiger partial charge in [0.2, 0.25) is 0 Å². The molecule has 0 unspecified atom stereocenters. The molecule has 0 nitrogen and oxygen atoms in total. The molecule has 1 heteroatoms. The molecule has 37 heavy (non-hydrogen) atoms. The van der Waals surface area contributed by atoms with E-state index in [9.17, 15) is 0 Å². The molecule has 0 aliphatic rings. The molecule has 0 saturated carbocycles. The Bertz CT molecular complexity index is 2090. The van der Waals surface area contributed by atoms with Crippen LogP contribution in [0.3, 0.4) is 0 Å². The predicted molar refractivity (Wildman–Crippen MR) is 163 cm³/mol. The zero-order valence-corrected chi connectivity index (χ0v) is 20.9. The van der Waals surface area contributed by atoms with E-state index in [0.29, 0.717) is 0 Å². The lowest BCUT2D eigenvalue weighted by atomic mass is 9.92. The van der Waals surface area contributed by atoms with Crippen LogP contribution in [0.5, 0.6) is 0 Å². The molecule has 172 valence electrons. The minimum atomic E-state index is 1.24. The molecule has 8 rings (SSSR count). The van der Waals surface area contributed by atoms with Gasteiger partial charge in [-0.25, -0.2) is 0 Å². The zero-order valence-electron chi connectivity index (χ0n) is 20.1. The number of thiophene rings is 1. The maximum Gasteiger partial charge on any atom is 0.0361 e. The van der Waals surface area contributed by atoms with Gasteiger partial charge in [-0.05, 0) is 72.8 Å². The van der Waals surface area contributed by atoms with E-state index in [0.717, 1.165) is 0 Å². The first-order valence-electron chi connectivity index (χ1n) is 12.7. The summed E-state index contributed by atoms with van der Waals surface area (Å²) < 4.78 is 2.69. The topological polar surface area (TPSA) is 0 Å². The average Bonchev–Trinajstić information content (AvgIpc) is 3.35. The lowest BCUT2D eigenvalue weighted by Gasteiger charge is -2.12. The second-order valence-corrected chi connectivity index (χ2v) is 10.8. The van der Waals surface area contributed by atoms with Gasteiger partial charge in [-0.1, -0.05) is 115 Å². The van der Waals surface area contributed by atoms with Gasteiger partial charge in [-0.2, -0.15) is 0 Å². The Kier molecular flexibility index (Phi) is 4.49. The van der Waals surface area contributed by atoms with E-state index < -0.39 is 0 Å². The number of rotatable bonds is 2. The molecule has 0 radical (unpaired) electrons. The van der Waals surface area contributed by atoms with Crippen LogP contribution < -0.4 is 0 Å². The summed E-state index contributed by atoms with van der Waals surface area (Å²) in [5.41, 5.74) is 5.01. The SMILES string of the molecule is c1ccc2c(c1)sc1cc(-c3ccc(-c4ccc5c6ccccc6c6ccccc6c5c4)cc3)ccc12. The molecular formula is C36H22S. The molecule has 8 aromatic rings. The van der Waals surface area contributed by atoms with Crippen LogP contribution in [0, 0.1) is 0 Å². The van der Waals surface area contributed by atoms with Gasteiger partial charge in [0.05, 0.1) is 0 Å². The first-order valence-corrected chi connectivity index (χ1v) is 13.5. The summed E-state index contributed by atoms with van der Waals surface area (Å²) in [6, 6.07) is 49.0. The highest BCUT2D eigenvalue weighted by Crippen LogP contribution is 2.38. The summed E-state index contributed by atoms with van der Waals surface area (Å²) in [5, 5.41) is 10.6. The second-order valence-electron chi connectivity index (χ2n) is 9.74. The highest BCUT2D eigenvalue weighted by atomic mass is 32.1. The third-order valence-electron chi connectivity index (χ3n) is 7.67. The second kappa shape index (κ2) is 8.03. The molecule has 0 N–H and O–H groups in total. The zero-order chi connectivity index (χ0) is 24.3. The smallest absolute Gasteiger partial charge is 0.0361 e. The van der Waals surface area contributed by atoms with E-state index in [1.54, 1.807) is 0 Å². The minimum Gasteiger partial charge on any atom is -0.135 e. The molecule has 1 heterocycles. The van der Waals surface area contributed by atoms with Crippen molar-refractivity contribution in [1.82, 2.24) is 0 Å². The van der Waals surface area contributed by atoms with Crippen LogP contribution in [0.4, 0.5) is 0 Å². The van der Waals surface area contributed by atoms with Crippen molar-refractivity contribution < 1.29 is 0 Å². The fraction of sp³-hybridized carbons (Fsp3) is 0. The molecular weight excluding hydrogens is 464 g/mol. The van der Waals surface area contributed by atoms with Crippen molar-refractivity contribution in [1.29, 1.82) is 0 Å². The van der Waals surface area contributed by atoms with Crippen molar-refractivity contribution in [3.8, 4) is 22.3 Å². The maximum atomic E-state index is 2.36. The van der Waals surface area contributed by atoms with E-state index >= 15 is 0 Å². The van der Waals surface area contributed by atoms with Crippen LogP contribution >= 0.6 is 11.3 Å². The van der Waals surface area contributed by atoms with Crippen LogP contribution in [0.2, 0.25) is 0 Å². The Balaban J connectivity index is 1.23. The van der Waals surface area contributed by atoms with E-state index in [-0.39, 0.29) is 0 Å². The van der Waals surface area contributed by atoms with Crippen LogP contribution in [-0.4, -0.2) is 0 Å². The van der Waals surface area contributed by atoms with Crippen molar-refractivity contribution >= 4 is 63.8 Å². The van der Waals surface area contributed by atoms with Crippen LogP contribution in [0.25, 0.3) is 74.7 Å². The van der Waals surface area contributed by atoms with Crippen LogP contribution in [-0.2, 0) is 0 Å². The van der Waals surface area contributed by atoms with E-state index in [1.165, 1.54) is 74.7 Å². The number of hydrogen-bond acceptors (Lipinski definition) is 1. The van der Waals surface area contributed by atoms with Gasteiger partial charge in [-0.3, -0.25) is 0 Å². The van der Waals surface area contributed by atoms with E-state index in [1.807, 2.05) is 11.3 Å². The van der Waals surface area contributed by atoms with Gasteiger partial charge >= 0.3 is 0 Å². The van der Waals surface area contributed by atoms with Gasteiger partial charge < -0.3 is 0 Å². The molecule has 0 atom stereocenters. The van der Waals surface area contributed by atoms with Crippen LogP contribution in [0.15, 0.2) is 133 Å². The quantitative estimate of drug-likeness (QED) is 0.213. The molecule has 0 aliphatic carbocycles. The van der Waals surface area contributed by atoms with Gasteiger partial charge in [-0.15, -0.1) is 11.3 Å². The summed E-state index contributed by atoms with van der Waals surface area (Å²) >= 11 is 1.87. The largest absolute Gasteiger partial charge is 0.135 e. The standard InChI is InChI=1S/C36H22S/c1-2-9-29-27(7-1)28-8-3-4-10-30(28)34-21-25(17-19-31(29)34)23-13-15-24(16-14-23)26-18-20-33-32-11-5-6-12-35(32)37-36(33)22-26/h1-22H. The average molecular weight is 487 g/mol. The number of benzene rings is 7. The van der Waals surface area contributed by atoms with Gasteiger partial charge in [0.25, 0.3) is 0 Å². The van der Waals surface area contributed by atoms with Crippen molar-refractivity contribution in [3.05, 3.63) is 133 Å². The Morgan fingerprint density at radius 3 is 1.30 bits per heavy atom. The molecule has 0 spiro atoms. The van der Waals surface area contributed by atoms with Crippen molar-refractivity contribution in [2.24, 2.45) is 0 Å². The monoisotopic (exact) mass is 486 g/mol. The Morgan fingerprint density at radius 1 is 0.270 bits per heavy atom. The Hall–Kier alpha value is -4.46. The van der Waals surface area contributed by atoms with Gasteiger partial charge in [0.15, 0.2) is 0 Å². The lowest BCUT2D eigenvalue weighted by Crippen LogP contribution is -1.85. The lowest BCUT2D eigenvalue weighted by molar-refractivity contribution is 1.62. The summed E-state index contributed by atoms with van der Waals surface area (Å²) in [6.45, 7) is 0. The van der Waals surface area contributed by atoms with Crippen molar-refractivity contribution in [2.75, 3.05) is 0 Å². The maximum absolute atomic E-state index is 2.36. The van der Waals surface area contributed by atoms with Crippen molar-refractivity contribution in [3.63, 3.8) is 0 Å². The first kappa shape index (κ1) is 20.7. The molecule has 0 amide bonds. The molecule has 0 saturated heterocycles. The predicted octanol–water partition coefficient (Wildman–Crippen LogP) is 10.8. The normalized spacial score (nSPS) is 11.8. The van der Waals surface area contributed by atoms with E-state index in [2.05, 4.69) is 133 Å². The summed E-state index contributed by atoms with van der Waals surface area (Å²) in [7, 11) is 0. The molecule has 1 aromatic heterocycles. The van der Waals surface area contributed by atoms with Crippen LogP contribution in [0.1, 0.15) is 0 Å². The van der Waals surface area contributed by atoms with Crippen molar-refractivity contribution in [2.45, 2.75) is 0 Å². The third-order valence-corrected chi connectivity index (χ3v) is 8.81. The molecule has 0 bridgehead atoms. The number of hydrogen-bond donors (Lipinski definition) is 0. The highest BCUT2D eigenvalue weighted by molar-refractivity contribution is 7.25. The molecule has 7 aromatic carbocycles. The number of fused-ring (bicyclic) bond motifs is 9. The molecule has 0 fully saturated rings. The van der Waals surface area contributed by atoms with Gasteiger partial charge in [0, 0.05) is 20.2 Å². The Morgan fingerprint density at radius 2 is 0.676 bits per heavy atom. The fourth-order valence-corrected chi connectivity index (χ4v) is 6.99.